The maximum absolute atomic E-state index is 2.46. The van der Waals surface area contributed by atoms with Crippen LogP contribution in [0.2, 0.25) is 29.6 Å². The van der Waals surface area contributed by atoms with Crippen LogP contribution < -0.4 is 0 Å². The SMILES string of the molecule is [CH3][Sn]([CH3])([CH3])/[CH]=C\C=[CH]\[Sn]([CH3])([CH3])[CH3]. The van der Waals surface area contributed by atoms with Gasteiger partial charge in [-0.15, -0.1) is 0 Å². The molecule has 0 aliphatic heterocycles. The van der Waals surface area contributed by atoms with Gasteiger partial charge in [0.15, 0.2) is 0 Å². The van der Waals surface area contributed by atoms with Crippen LogP contribution in [-0.2, 0) is 0 Å². The molecular weight excluding hydrogens is 358 g/mol. The molecule has 0 aromatic carbocycles. The molecule has 0 aromatic rings. The molecule has 0 amide bonds. The molecule has 0 atom stereocenters. The third kappa shape index (κ3) is 11.1. The molecule has 12 heavy (non-hydrogen) atoms. The Hall–Kier alpha value is 1.08. The molecule has 0 saturated heterocycles. The van der Waals surface area contributed by atoms with Gasteiger partial charge in [-0.05, 0) is 0 Å². The van der Waals surface area contributed by atoms with Crippen molar-refractivity contribution in [1.29, 1.82) is 0 Å². The topological polar surface area (TPSA) is 0 Å². The van der Waals surface area contributed by atoms with E-state index >= 15 is 0 Å². The van der Waals surface area contributed by atoms with Gasteiger partial charge in [-0.2, -0.15) is 0 Å². The first-order valence-corrected chi connectivity index (χ1v) is 25.0. The zero-order chi connectivity index (χ0) is 9.83. The van der Waals surface area contributed by atoms with Crippen molar-refractivity contribution >= 4 is 36.8 Å². The summed E-state index contributed by atoms with van der Waals surface area (Å²) in [5.74, 6) is 0. The van der Waals surface area contributed by atoms with Gasteiger partial charge < -0.3 is 0 Å². The van der Waals surface area contributed by atoms with Crippen molar-refractivity contribution in [1.82, 2.24) is 0 Å². The summed E-state index contributed by atoms with van der Waals surface area (Å²) in [6.45, 7) is 0. The van der Waals surface area contributed by atoms with Crippen LogP contribution in [0.5, 0.6) is 0 Å². The van der Waals surface area contributed by atoms with Crippen LogP contribution in [-0.4, -0.2) is 36.8 Å². The molecule has 0 radical (unpaired) electrons. The van der Waals surface area contributed by atoms with E-state index in [4.69, 9.17) is 0 Å². The molecule has 0 heterocycles. The van der Waals surface area contributed by atoms with E-state index in [9.17, 15) is 0 Å². The Morgan fingerprint density at radius 3 is 1.00 bits per heavy atom. The molecule has 0 bridgehead atoms. The Morgan fingerprint density at radius 1 is 0.583 bits per heavy atom. The molecule has 0 spiro atoms. The molecule has 70 valence electrons. The summed E-state index contributed by atoms with van der Waals surface area (Å²) in [6.07, 6.45) is 4.55. The summed E-state index contributed by atoms with van der Waals surface area (Å²) in [7, 11) is 0. The van der Waals surface area contributed by atoms with Crippen LogP contribution in [0.3, 0.4) is 0 Å². The zero-order valence-electron chi connectivity index (χ0n) is 9.31. The molecule has 2 heteroatoms. The second-order valence-corrected chi connectivity index (χ2v) is 34.4. The second kappa shape index (κ2) is 5.08. The summed E-state index contributed by atoms with van der Waals surface area (Å²) in [6, 6.07) is 0. The standard InChI is InChI=1S/C4H4.6CH3.2Sn/c1-3-4-2;;;;;;;;/h1-4H;6*1H3;;. The number of allylic oxidation sites excluding steroid dienone is 2. The number of hydrogen-bond acceptors (Lipinski definition) is 0. The molecular formula is C10H22Sn2. The molecule has 0 aliphatic carbocycles. The molecule has 0 N–H and O–H groups in total. The van der Waals surface area contributed by atoms with Crippen molar-refractivity contribution in [3.63, 3.8) is 0 Å². The van der Waals surface area contributed by atoms with Gasteiger partial charge in [-0.1, -0.05) is 0 Å². The van der Waals surface area contributed by atoms with Crippen LogP contribution in [0.4, 0.5) is 0 Å². The van der Waals surface area contributed by atoms with E-state index in [1.165, 1.54) is 0 Å². The molecule has 0 nitrogen and oxygen atoms in total. The summed E-state index contributed by atoms with van der Waals surface area (Å²) in [4.78, 5) is 14.6. The van der Waals surface area contributed by atoms with Gasteiger partial charge in [-0.3, -0.25) is 0 Å². The van der Waals surface area contributed by atoms with E-state index in [0.717, 1.165) is 0 Å². The zero-order valence-corrected chi connectivity index (χ0v) is 15.0. The van der Waals surface area contributed by atoms with Crippen molar-refractivity contribution < 1.29 is 0 Å². The molecule has 0 aliphatic rings. The summed E-state index contributed by atoms with van der Waals surface area (Å²) in [5, 5.41) is 0. The molecule has 0 aromatic heterocycles. The second-order valence-electron chi connectivity index (χ2n) is 5.45. The normalized spacial score (nSPS) is 14.8. The van der Waals surface area contributed by atoms with Crippen LogP contribution >= 0.6 is 0 Å². The fraction of sp³-hybridized carbons (Fsp3) is 0.600. The van der Waals surface area contributed by atoms with E-state index < -0.39 is 36.8 Å². The predicted octanol–water partition coefficient (Wildman–Crippen LogP) is 3.85. The number of hydrogen-bond donors (Lipinski definition) is 0. The minimum absolute atomic E-state index is 1.62. The Balaban J connectivity index is 4.00. The summed E-state index contributed by atoms with van der Waals surface area (Å²) >= 11 is -3.23. The quantitative estimate of drug-likeness (QED) is 0.516. The van der Waals surface area contributed by atoms with Gasteiger partial charge >= 0.3 is 86.7 Å². The Morgan fingerprint density at radius 2 is 0.833 bits per heavy atom. The van der Waals surface area contributed by atoms with E-state index in [1.54, 1.807) is 0 Å². The monoisotopic (exact) mass is 382 g/mol. The van der Waals surface area contributed by atoms with Gasteiger partial charge in [0.25, 0.3) is 0 Å². The fourth-order valence-corrected chi connectivity index (χ4v) is 4.62. The first-order chi connectivity index (χ1) is 5.21. The van der Waals surface area contributed by atoms with Crippen LogP contribution in [0, 0.1) is 0 Å². The van der Waals surface area contributed by atoms with Crippen molar-refractivity contribution in [3.05, 3.63) is 20.3 Å². The van der Waals surface area contributed by atoms with E-state index in [0.29, 0.717) is 0 Å². The summed E-state index contributed by atoms with van der Waals surface area (Å²) < 4.78 is 4.92. The van der Waals surface area contributed by atoms with Gasteiger partial charge in [0.2, 0.25) is 0 Å². The van der Waals surface area contributed by atoms with Gasteiger partial charge in [0.1, 0.15) is 0 Å². The average molecular weight is 380 g/mol. The molecule has 0 unspecified atom stereocenters. The average Bonchev–Trinajstić information content (AvgIpc) is 1.76. The van der Waals surface area contributed by atoms with E-state index in [-0.39, 0.29) is 0 Å². The maximum atomic E-state index is 2.46. The Bertz CT molecular complexity index is 155. The van der Waals surface area contributed by atoms with Gasteiger partial charge in [0, 0.05) is 0 Å². The van der Waals surface area contributed by atoms with Gasteiger partial charge in [-0.25, -0.2) is 0 Å². The number of rotatable bonds is 3. The fourth-order valence-electron chi connectivity index (χ4n) is 0.688. The van der Waals surface area contributed by atoms with Crippen LogP contribution in [0.1, 0.15) is 0 Å². The first-order valence-electron chi connectivity index (χ1n) is 4.58. The minimum atomic E-state index is -1.62. The molecule has 0 rings (SSSR count). The summed E-state index contributed by atoms with van der Waals surface area (Å²) in [5.41, 5.74) is 0. The Kier molecular flexibility index (Phi) is 5.54. The van der Waals surface area contributed by atoms with Crippen LogP contribution in [0.25, 0.3) is 0 Å². The third-order valence-corrected chi connectivity index (χ3v) is 8.11. The predicted molar refractivity (Wildman–Crippen MR) is 65.0 cm³/mol. The first kappa shape index (κ1) is 13.1. The van der Waals surface area contributed by atoms with Crippen molar-refractivity contribution in [2.45, 2.75) is 29.6 Å². The molecule has 0 saturated carbocycles. The van der Waals surface area contributed by atoms with Crippen molar-refractivity contribution in [2.75, 3.05) is 0 Å². The Labute approximate surface area is 85.9 Å². The molecule has 0 fully saturated rings. The van der Waals surface area contributed by atoms with Gasteiger partial charge in [0.05, 0.1) is 0 Å². The van der Waals surface area contributed by atoms with Crippen molar-refractivity contribution in [2.24, 2.45) is 0 Å². The van der Waals surface area contributed by atoms with Crippen LogP contribution in [0.15, 0.2) is 20.3 Å². The van der Waals surface area contributed by atoms with E-state index in [2.05, 4.69) is 50.0 Å². The third-order valence-electron chi connectivity index (χ3n) is 1.30. The van der Waals surface area contributed by atoms with Crippen molar-refractivity contribution in [3.8, 4) is 0 Å². The van der Waals surface area contributed by atoms with E-state index in [1.807, 2.05) is 0 Å².